The molecule has 0 fully saturated rings. The minimum absolute atomic E-state index is 0.639. The number of nitrogens with one attached hydrogen (secondary N) is 1. The molecule has 0 bridgehead atoms. The number of thiophene rings is 1. The highest BCUT2D eigenvalue weighted by Gasteiger charge is 2.20. The number of hydrogen-bond donors (Lipinski definition) is 1. The Labute approximate surface area is 125 Å². The first-order chi connectivity index (χ1) is 8.71. The summed E-state index contributed by atoms with van der Waals surface area (Å²) in [4.78, 5) is 1.49. The standard InChI is InChI=1S/C15H26BrNS/c1-4-7-12(8-5-2)15(17-6-3)10-14-9-13(16)11-18-14/h9,11-12,15,17H,4-8,10H2,1-3H3. The van der Waals surface area contributed by atoms with E-state index in [1.54, 1.807) is 0 Å². The van der Waals surface area contributed by atoms with Crippen LogP contribution >= 0.6 is 27.3 Å². The summed E-state index contributed by atoms with van der Waals surface area (Å²) >= 11 is 5.42. The average Bonchev–Trinajstić information content (AvgIpc) is 2.74. The Bertz CT molecular complexity index is 318. The maximum Gasteiger partial charge on any atom is 0.0285 e. The van der Waals surface area contributed by atoms with Gasteiger partial charge in [-0.25, -0.2) is 0 Å². The third-order valence-electron chi connectivity index (χ3n) is 3.40. The van der Waals surface area contributed by atoms with Gasteiger partial charge < -0.3 is 5.32 Å². The summed E-state index contributed by atoms with van der Waals surface area (Å²) in [6.07, 6.45) is 6.45. The Morgan fingerprint density at radius 2 is 1.89 bits per heavy atom. The summed E-state index contributed by atoms with van der Waals surface area (Å²) in [7, 11) is 0. The highest BCUT2D eigenvalue weighted by Crippen LogP contribution is 2.25. The van der Waals surface area contributed by atoms with Crippen molar-refractivity contribution in [1.29, 1.82) is 0 Å². The van der Waals surface area contributed by atoms with Gasteiger partial charge in [-0.15, -0.1) is 11.3 Å². The summed E-state index contributed by atoms with van der Waals surface area (Å²) < 4.78 is 1.22. The van der Waals surface area contributed by atoms with E-state index in [0.29, 0.717) is 6.04 Å². The van der Waals surface area contributed by atoms with Gasteiger partial charge in [0.15, 0.2) is 0 Å². The maximum atomic E-state index is 3.70. The van der Waals surface area contributed by atoms with Gasteiger partial charge >= 0.3 is 0 Å². The predicted molar refractivity (Wildman–Crippen MR) is 86.5 cm³/mol. The van der Waals surface area contributed by atoms with Crippen molar-refractivity contribution in [3.8, 4) is 0 Å². The largest absolute Gasteiger partial charge is 0.314 e. The van der Waals surface area contributed by atoms with Crippen molar-refractivity contribution < 1.29 is 0 Å². The molecular formula is C15H26BrNS. The SMILES string of the molecule is CCCC(CCC)C(Cc1cc(Br)cs1)NCC. The Kier molecular flexibility index (Phi) is 8.20. The van der Waals surface area contributed by atoms with Crippen LogP contribution in [0.4, 0.5) is 0 Å². The number of rotatable bonds is 9. The second-order valence-electron chi connectivity index (χ2n) is 4.94. The average molecular weight is 332 g/mol. The van der Waals surface area contributed by atoms with Gasteiger partial charge in [-0.2, -0.15) is 0 Å². The van der Waals surface area contributed by atoms with Crippen LogP contribution in [0.2, 0.25) is 0 Å². The lowest BCUT2D eigenvalue weighted by molar-refractivity contribution is 0.313. The van der Waals surface area contributed by atoms with E-state index in [0.717, 1.165) is 12.5 Å². The second-order valence-corrected chi connectivity index (χ2v) is 6.85. The molecule has 0 saturated heterocycles. The van der Waals surface area contributed by atoms with E-state index in [9.17, 15) is 0 Å². The molecule has 1 rings (SSSR count). The van der Waals surface area contributed by atoms with E-state index >= 15 is 0 Å². The zero-order valence-corrected chi connectivity index (χ0v) is 14.2. The highest BCUT2D eigenvalue weighted by atomic mass is 79.9. The molecule has 3 heteroatoms. The summed E-state index contributed by atoms with van der Waals surface area (Å²) in [5, 5.41) is 5.89. The molecule has 0 aromatic carbocycles. The molecule has 1 heterocycles. The first kappa shape index (κ1) is 16.2. The number of halogens is 1. The summed E-state index contributed by atoms with van der Waals surface area (Å²) in [6, 6.07) is 2.91. The summed E-state index contributed by atoms with van der Waals surface area (Å²) in [6.45, 7) is 7.88. The third-order valence-corrected chi connectivity index (χ3v) is 5.12. The van der Waals surface area contributed by atoms with Crippen molar-refractivity contribution in [3.63, 3.8) is 0 Å². The van der Waals surface area contributed by atoms with Crippen LogP contribution in [0.1, 0.15) is 51.3 Å². The molecule has 0 aliphatic heterocycles. The Morgan fingerprint density at radius 3 is 2.33 bits per heavy atom. The Balaban J connectivity index is 2.66. The van der Waals surface area contributed by atoms with Crippen LogP contribution in [0.3, 0.4) is 0 Å². The molecule has 1 aromatic heterocycles. The van der Waals surface area contributed by atoms with Crippen LogP contribution in [-0.2, 0) is 6.42 Å². The van der Waals surface area contributed by atoms with Gasteiger partial charge in [0.05, 0.1) is 0 Å². The summed E-state index contributed by atoms with van der Waals surface area (Å²) in [5.74, 6) is 0.820. The van der Waals surface area contributed by atoms with Crippen LogP contribution in [0.15, 0.2) is 15.9 Å². The normalized spacial score (nSPS) is 13.2. The fourth-order valence-corrected chi connectivity index (χ4v) is 4.14. The molecule has 0 amide bonds. The molecule has 0 aliphatic rings. The van der Waals surface area contributed by atoms with Crippen LogP contribution in [0.25, 0.3) is 0 Å². The van der Waals surface area contributed by atoms with Crippen molar-refractivity contribution in [1.82, 2.24) is 5.32 Å². The molecule has 0 radical (unpaired) electrons. The molecular weight excluding hydrogens is 306 g/mol. The smallest absolute Gasteiger partial charge is 0.0285 e. The summed E-state index contributed by atoms with van der Waals surface area (Å²) in [5.41, 5.74) is 0. The number of hydrogen-bond acceptors (Lipinski definition) is 2. The molecule has 1 N–H and O–H groups in total. The van der Waals surface area contributed by atoms with Gasteiger partial charge in [0.25, 0.3) is 0 Å². The number of likely N-dealkylation sites (N-methyl/N-ethyl adjacent to an activating group) is 1. The Hall–Kier alpha value is 0.140. The second kappa shape index (κ2) is 9.11. The lowest BCUT2D eigenvalue weighted by atomic mass is 9.88. The molecule has 1 aromatic rings. The molecule has 0 spiro atoms. The van der Waals surface area contributed by atoms with Gasteiger partial charge in [0.1, 0.15) is 0 Å². The zero-order chi connectivity index (χ0) is 13.4. The molecule has 1 nitrogen and oxygen atoms in total. The van der Waals surface area contributed by atoms with Crippen molar-refractivity contribution in [2.45, 2.75) is 58.9 Å². The van der Waals surface area contributed by atoms with Crippen LogP contribution in [-0.4, -0.2) is 12.6 Å². The predicted octanol–water partition coefficient (Wildman–Crippen LogP) is 5.25. The minimum atomic E-state index is 0.639. The van der Waals surface area contributed by atoms with E-state index < -0.39 is 0 Å². The molecule has 1 unspecified atom stereocenters. The Morgan fingerprint density at radius 1 is 1.22 bits per heavy atom. The van der Waals surface area contributed by atoms with Crippen LogP contribution in [0, 0.1) is 5.92 Å². The molecule has 0 saturated carbocycles. The lowest BCUT2D eigenvalue weighted by Crippen LogP contribution is -2.37. The fourth-order valence-electron chi connectivity index (χ4n) is 2.63. The van der Waals surface area contributed by atoms with Crippen LogP contribution in [0.5, 0.6) is 0 Å². The minimum Gasteiger partial charge on any atom is -0.314 e. The van der Waals surface area contributed by atoms with Crippen molar-refractivity contribution >= 4 is 27.3 Å². The van der Waals surface area contributed by atoms with Crippen molar-refractivity contribution in [3.05, 3.63) is 20.8 Å². The molecule has 104 valence electrons. The molecule has 1 atom stereocenters. The van der Waals surface area contributed by atoms with Crippen LogP contribution < -0.4 is 5.32 Å². The van der Waals surface area contributed by atoms with E-state index in [-0.39, 0.29) is 0 Å². The van der Waals surface area contributed by atoms with E-state index in [4.69, 9.17) is 0 Å². The molecule has 0 aliphatic carbocycles. The fraction of sp³-hybridized carbons (Fsp3) is 0.733. The first-order valence-corrected chi connectivity index (χ1v) is 8.84. The highest BCUT2D eigenvalue weighted by molar-refractivity contribution is 9.10. The van der Waals surface area contributed by atoms with Gasteiger partial charge in [-0.05, 0) is 53.7 Å². The quantitative estimate of drug-likeness (QED) is 0.651. The van der Waals surface area contributed by atoms with Gasteiger partial charge in [-0.1, -0.05) is 33.6 Å². The van der Waals surface area contributed by atoms with Gasteiger partial charge in [0.2, 0.25) is 0 Å². The van der Waals surface area contributed by atoms with Crippen molar-refractivity contribution in [2.24, 2.45) is 5.92 Å². The third kappa shape index (κ3) is 5.41. The van der Waals surface area contributed by atoms with E-state index in [2.05, 4.69) is 53.5 Å². The van der Waals surface area contributed by atoms with Gasteiger partial charge in [0, 0.05) is 20.8 Å². The van der Waals surface area contributed by atoms with Gasteiger partial charge in [-0.3, -0.25) is 0 Å². The van der Waals surface area contributed by atoms with Crippen molar-refractivity contribution in [2.75, 3.05) is 6.54 Å². The molecule has 18 heavy (non-hydrogen) atoms. The topological polar surface area (TPSA) is 12.0 Å². The maximum absolute atomic E-state index is 3.70. The first-order valence-electron chi connectivity index (χ1n) is 7.17. The van der Waals surface area contributed by atoms with E-state index in [1.807, 2.05) is 11.3 Å². The lowest BCUT2D eigenvalue weighted by Gasteiger charge is -2.27. The zero-order valence-electron chi connectivity index (χ0n) is 11.8. The van der Waals surface area contributed by atoms with E-state index in [1.165, 1.54) is 41.5 Å². The monoisotopic (exact) mass is 331 g/mol.